The van der Waals surface area contributed by atoms with Crippen molar-refractivity contribution < 1.29 is 9.84 Å². The van der Waals surface area contributed by atoms with E-state index in [-0.39, 0.29) is 11.5 Å². The van der Waals surface area contributed by atoms with Gasteiger partial charge in [-0.2, -0.15) is 0 Å². The lowest BCUT2D eigenvalue weighted by molar-refractivity contribution is 0.0191. The van der Waals surface area contributed by atoms with Crippen LogP contribution in [0.4, 0.5) is 0 Å². The maximum Gasteiger partial charge on any atom is 0.119 e. The lowest BCUT2D eigenvalue weighted by Crippen LogP contribution is -2.44. The van der Waals surface area contributed by atoms with E-state index in [0.717, 1.165) is 17.7 Å². The van der Waals surface area contributed by atoms with Gasteiger partial charge in [-0.25, -0.2) is 0 Å². The highest BCUT2D eigenvalue weighted by Crippen LogP contribution is 2.40. The van der Waals surface area contributed by atoms with Crippen LogP contribution in [-0.4, -0.2) is 18.3 Å². The lowest BCUT2D eigenvalue weighted by atomic mass is 9.70. The molecule has 3 N–H and O–H groups in total. The second kappa shape index (κ2) is 3.75. The maximum atomic E-state index is 10.2. The first kappa shape index (κ1) is 11.4. The summed E-state index contributed by atoms with van der Waals surface area (Å²) < 4.78 is 5.18. The Kier molecular flexibility index (Phi) is 2.68. The molecule has 0 saturated carbocycles. The van der Waals surface area contributed by atoms with Gasteiger partial charge in [0.15, 0.2) is 0 Å². The largest absolute Gasteiger partial charge is 0.497 e. The van der Waals surface area contributed by atoms with Gasteiger partial charge in [-0.1, -0.05) is 19.9 Å². The van der Waals surface area contributed by atoms with Crippen LogP contribution in [0.25, 0.3) is 0 Å². The van der Waals surface area contributed by atoms with Crippen molar-refractivity contribution in [3.8, 4) is 5.75 Å². The molecule has 0 radical (unpaired) electrons. The Morgan fingerprint density at radius 1 is 1.44 bits per heavy atom. The summed E-state index contributed by atoms with van der Waals surface area (Å²) in [4.78, 5) is 0. The third-order valence-electron chi connectivity index (χ3n) is 3.50. The van der Waals surface area contributed by atoms with E-state index in [9.17, 15) is 5.11 Å². The van der Waals surface area contributed by atoms with Gasteiger partial charge >= 0.3 is 0 Å². The first-order valence-electron chi connectivity index (χ1n) is 5.56. The third kappa shape index (κ3) is 1.70. The van der Waals surface area contributed by atoms with E-state index in [0.29, 0.717) is 0 Å². The summed E-state index contributed by atoms with van der Waals surface area (Å²) in [5.41, 5.74) is 8.14. The average Bonchev–Trinajstić information content (AvgIpc) is 2.25. The molecule has 1 aromatic rings. The van der Waals surface area contributed by atoms with E-state index in [1.54, 1.807) is 7.11 Å². The summed E-state index contributed by atoms with van der Waals surface area (Å²) in [6, 6.07) is 5.59. The standard InChI is InChI=1S/C13H19NO2/c1-13(2)7-8-4-5-9(16-3)6-10(8)11(14)12(13)15/h4-6,11-12,15H,7,14H2,1-3H3/t11-,12+/m1/s1. The predicted molar refractivity (Wildman–Crippen MR) is 63.4 cm³/mol. The van der Waals surface area contributed by atoms with E-state index < -0.39 is 6.10 Å². The number of ether oxygens (including phenoxy) is 1. The Morgan fingerprint density at radius 2 is 2.12 bits per heavy atom. The van der Waals surface area contributed by atoms with E-state index in [1.807, 2.05) is 32.0 Å². The summed E-state index contributed by atoms with van der Waals surface area (Å²) in [6.45, 7) is 4.09. The summed E-state index contributed by atoms with van der Waals surface area (Å²) in [6.07, 6.45) is 0.341. The van der Waals surface area contributed by atoms with Crippen molar-refractivity contribution in [3.63, 3.8) is 0 Å². The highest BCUT2D eigenvalue weighted by Gasteiger charge is 2.39. The normalized spacial score (nSPS) is 27.3. The summed E-state index contributed by atoms with van der Waals surface area (Å²) in [5.74, 6) is 0.793. The van der Waals surface area contributed by atoms with E-state index in [4.69, 9.17) is 10.5 Å². The van der Waals surface area contributed by atoms with Crippen LogP contribution in [0.5, 0.6) is 5.75 Å². The molecule has 3 heteroatoms. The van der Waals surface area contributed by atoms with Crippen LogP contribution >= 0.6 is 0 Å². The fraction of sp³-hybridized carbons (Fsp3) is 0.538. The van der Waals surface area contributed by atoms with Crippen LogP contribution in [0.3, 0.4) is 0 Å². The Hall–Kier alpha value is -1.06. The van der Waals surface area contributed by atoms with Gasteiger partial charge in [-0.15, -0.1) is 0 Å². The minimum Gasteiger partial charge on any atom is -0.497 e. The minimum absolute atomic E-state index is 0.166. The molecule has 0 aromatic heterocycles. The number of aliphatic hydroxyl groups is 1. The summed E-state index contributed by atoms with van der Waals surface area (Å²) >= 11 is 0. The van der Waals surface area contributed by atoms with E-state index >= 15 is 0 Å². The van der Waals surface area contributed by atoms with E-state index in [1.165, 1.54) is 5.56 Å². The van der Waals surface area contributed by atoms with Crippen LogP contribution in [0.1, 0.15) is 31.0 Å². The monoisotopic (exact) mass is 221 g/mol. The second-order valence-corrected chi connectivity index (χ2v) is 5.20. The topological polar surface area (TPSA) is 55.5 Å². The lowest BCUT2D eigenvalue weighted by Gasteiger charge is -2.40. The number of rotatable bonds is 1. The zero-order valence-electron chi connectivity index (χ0n) is 10.0. The van der Waals surface area contributed by atoms with Gasteiger partial charge in [-0.3, -0.25) is 0 Å². The Labute approximate surface area is 96.2 Å². The van der Waals surface area contributed by atoms with Crippen molar-refractivity contribution in [2.75, 3.05) is 7.11 Å². The van der Waals surface area contributed by atoms with Crippen molar-refractivity contribution in [2.24, 2.45) is 11.1 Å². The molecule has 88 valence electrons. The van der Waals surface area contributed by atoms with Crippen molar-refractivity contribution in [2.45, 2.75) is 32.4 Å². The van der Waals surface area contributed by atoms with Gasteiger partial charge in [-0.05, 0) is 35.1 Å². The molecule has 0 saturated heterocycles. The van der Waals surface area contributed by atoms with Crippen molar-refractivity contribution in [1.29, 1.82) is 0 Å². The van der Waals surface area contributed by atoms with Crippen LogP contribution < -0.4 is 10.5 Å². The molecule has 3 nitrogen and oxygen atoms in total. The smallest absolute Gasteiger partial charge is 0.119 e. The van der Waals surface area contributed by atoms with Crippen LogP contribution in [0.2, 0.25) is 0 Å². The zero-order valence-corrected chi connectivity index (χ0v) is 10.0. The van der Waals surface area contributed by atoms with Crippen LogP contribution in [0.15, 0.2) is 18.2 Å². The average molecular weight is 221 g/mol. The highest BCUT2D eigenvalue weighted by molar-refractivity contribution is 5.41. The molecule has 0 bridgehead atoms. The number of hydrogen-bond donors (Lipinski definition) is 2. The van der Waals surface area contributed by atoms with Gasteiger partial charge in [0, 0.05) is 0 Å². The SMILES string of the molecule is COc1ccc2c(c1)[C@@H](N)[C@H](O)C(C)(C)C2. The van der Waals surface area contributed by atoms with Crippen molar-refractivity contribution >= 4 is 0 Å². The maximum absolute atomic E-state index is 10.2. The quantitative estimate of drug-likeness (QED) is 0.758. The molecule has 2 rings (SSSR count). The molecule has 0 spiro atoms. The highest BCUT2D eigenvalue weighted by atomic mass is 16.5. The first-order chi connectivity index (χ1) is 7.45. The Morgan fingerprint density at radius 3 is 2.75 bits per heavy atom. The van der Waals surface area contributed by atoms with Gasteiger partial charge < -0.3 is 15.6 Å². The molecule has 0 amide bonds. The van der Waals surface area contributed by atoms with Gasteiger partial charge in [0.05, 0.1) is 19.3 Å². The van der Waals surface area contributed by atoms with Crippen LogP contribution in [-0.2, 0) is 6.42 Å². The number of aliphatic hydroxyl groups excluding tert-OH is 1. The van der Waals surface area contributed by atoms with Crippen LogP contribution in [0, 0.1) is 5.41 Å². The number of hydrogen-bond acceptors (Lipinski definition) is 3. The second-order valence-electron chi connectivity index (χ2n) is 5.20. The molecule has 1 aliphatic carbocycles. The molecular formula is C13H19NO2. The Balaban J connectivity index is 2.47. The number of methoxy groups -OCH3 is 1. The molecule has 2 atom stereocenters. The molecule has 0 unspecified atom stereocenters. The fourth-order valence-electron chi connectivity index (χ4n) is 2.42. The molecule has 1 aromatic carbocycles. The minimum atomic E-state index is -0.507. The number of fused-ring (bicyclic) bond motifs is 1. The molecular weight excluding hydrogens is 202 g/mol. The van der Waals surface area contributed by atoms with Gasteiger partial charge in [0.2, 0.25) is 0 Å². The summed E-state index contributed by atoms with van der Waals surface area (Å²) in [5, 5.41) is 10.2. The molecule has 0 aliphatic heterocycles. The van der Waals surface area contributed by atoms with Gasteiger partial charge in [0.25, 0.3) is 0 Å². The number of nitrogens with two attached hydrogens (primary N) is 1. The molecule has 1 aliphatic rings. The summed E-state index contributed by atoms with van der Waals surface area (Å²) in [7, 11) is 1.64. The molecule has 0 heterocycles. The Bertz CT molecular complexity index is 401. The first-order valence-corrected chi connectivity index (χ1v) is 5.56. The van der Waals surface area contributed by atoms with Crippen molar-refractivity contribution in [3.05, 3.63) is 29.3 Å². The van der Waals surface area contributed by atoms with Crippen molar-refractivity contribution in [1.82, 2.24) is 0 Å². The number of benzene rings is 1. The predicted octanol–water partition coefficient (Wildman–Crippen LogP) is 1.64. The zero-order chi connectivity index (χ0) is 11.9. The van der Waals surface area contributed by atoms with Gasteiger partial charge in [0.1, 0.15) is 5.75 Å². The molecule has 0 fully saturated rings. The fourth-order valence-corrected chi connectivity index (χ4v) is 2.42. The third-order valence-corrected chi connectivity index (χ3v) is 3.50. The molecule has 16 heavy (non-hydrogen) atoms. The van der Waals surface area contributed by atoms with E-state index in [2.05, 4.69) is 0 Å².